The highest BCUT2D eigenvalue weighted by Gasteiger charge is 2.32. The summed E-state index contributed by atoms with van der Waals surface area (Å²) in [5.41, 5.74) is 2.72. The second-order valence-electron chi connectivity index (χ2n) is 8.16. The van der Waals surface area contributed by atoms with Crippen molar-refractivity contribution in [1.29, 1.82) is 0 Å². The third kappa shape index (κ3) is 4.18. The number of carbonyl (C=O) groups excluding carboxylic acids is 1. The molecule has 0 aromatic heterocycles. The molecule has 0 unspecified atom stereocenters. The van der Waals surface area contributed by atoms with E-state index in [1.807, 2.05) is 73.7 Å². The van der Waals surface area contributed by atoms with E-state index in [4.69, 9.17) is 9.47 Å². The maximum absolute atomic E-state index is 13.0. The van der Waals surface area contributed by atoms with E-state index < -0.39 is 0 Å². The number of hydrogen-bond acceptors (Lipinski definition) is 3. The van der Waals surface area contributed by atoms with Crippen molar-refractivity contribution in [3.63, 3.8) is 0 Å². The molecule has 0 fully saturated rings. The molecule has 1 amide bonds. The molecule has 1 aliphatic rings. The quantitative estimate of drug-likeness (QED) is 0.498. The minimum Gasteiger partial charge on any atom is -0.487 e. The molecule has 3 aromatic rings. The van der Waals surface area contributed by atoms with Crippen LogP contribution in [-0.4, -0.2) is 11.5 Å². The summed E-state index contributed by atoms with van der Waals surface area (Å²) in [7, 11) is 0. The lowest BCUT2D eigenvalue weighted by Gasteiger charge is -2.26. The van der Waals surface area contributed by atoms with Crippen LogP contribution in [0.4, 0.5) is 5.69 Å². The monoisotopic (exact) mass is 401 g/mol. The summed E-state index contributed by atoms with van der Waals surface area (Å²) in [6.07, 6.45) is 1.27. The van der Waals surface area contributed by atoms with Gasteiger partial charge in [0.2, 0.25) is 5.91 Å². The van der Waals surface area contributed by atoms with Crippen LogP contribution < -0.4 is 14.4 Å². The van der Waals surface area contributed by atoms with Crippen molar-refractivity contribution in [2.75, 3.05) is 4.90 Å². The number of para-hydroxylation sites is 4. The zero-order valence-corrected chi connectivity index (χ0v) is 17.7. The van der Waals surface area contributed by atoms with E-state index in [-0.39, 0.29) is 11.5 Å². The molecule has 0 saturated carbocycles. The van der Waals surface area contributed by atoms with E-state index >= 15 is 0 Å². The van der Waals surface area contributed by atoms with E-state index in [2.05, 4.69) is 19.9 Å². The molecular weight excluding hydrogens is 374 g/mol. The van der Waals surface area contributed by atoms with Gasteiger partial charge in [-0.05, 0) is 43.7 Å². The molecule has 4 nitrogen and oxygen atoms in total. The summed E-state index contributed by atoms with van der Waals surface area (Å²) in [4.78, 5) is 14.8. The number of fused-ring (bicyclic) bond motifs is 1. The highest BCUT2D eigenvalue weighted by Crippen LogP contribution is 2.40. The van der Waals surface area contributed by atoms with Crippen molar-refractivity contribution < 1.29 is 14.3 Å². The fourth-order valence-corrected chi connectivity index (χ4v) is 3.85. The van der Waals surface area contributed by atoms with Gasteiger partial charge in [-0.25, -0.2) is 0 Å². The van der Waals surface area contributed by atoms with E-state index in [0.717, 1.165) is 29.2 Å². The first-order chi connectivity index (χ1) is 14.5. The third-order valence-electron chi connectivity index (χ3n) is 5.23. The van der Waals surface area contributed by atoms with E-state index in [1.54, 1.807) is 4.90 Å². The number of nitrogens with zero attached hydrogens (tertiary/aromatic N) is 1. The highest BCUT2D eigenvalue weighted by molar-refractivity contribution is 5.94. The van der Waals surface area contributed by atoms with Crippen molar-refractivity contribution in [3.05, 3.63) is 83.9 Å². The highest BCUT2D eigenvalue weighted by atomic mass is 16.5. The Bertz CT molecular complexity index is 1040. The molecule has 0 spiro atoms. The average molecular weight is 402 g/mol. The number of hydrogen-bond donors (Lipinski definition) is 0. The summed E-state index contributed by atoms with van der Waals surface area (Å²) in [6, 6.07) is 23.5. The third-order valence-corrected chi connectivity index (χ3v) is 5.23. The molecule has 30 heavy (non-hydrogen) atoms. The van der Waals surface area contributed by atoms with Crippen molar-refractivity contribution in [2.45, 2.75) is 45.8 Å². The van der Waals surface area contributed by atoms with Crippen LogP contribution in [0.3, 0.4) is 0 Å². The topological polar surface area (TPSA) is 38.8 Å². The minimum atomic E-state index is -0.230. The van der Waals surface area contributed by atoms with Crippen LogP contribution in [0, 0.1) is 0 Å². The normalized spacial score (nSPS) is 14.0. The first kappa shape index (κ1) is 20.0. The number of ether oxygens (including phenoxy) is 2. The Hall–Kier alpha value is -3.27. The Labute approximate surface area is 178 Å². The maximum atomic E-state index is 13.0. The number of rotatable bonds is 6. The SMILES string of the molecule is CCC(=O)N(Cc1cccc2c1OC(C)(C)C2)c1ccccc1Oc1ccccc1. The van der Waals surface area contributed by atoms with Gasteiger partial charge in [0.1, 0.15) is 17.1 Å². The Kier molecular flexibility index (Phi) is 5.49. The van der Waals surface area contributed by atoms with Gasteiger partial charge in [0.05, 0.1) is 12.2 Å². The van der Waals surface area contributed by atoms with Crippen LogP contribution in [0.2, 0.25) is 0 Å². The Morgan fingerprint density at radius 3 is 2.50 bits per heavy atom. The molecule has 3 aromatic carbocycles. The fourth-order valence-electron chi connectivity index (χ4n) is 3.85. The summed E-state index contributed by atoms with van der Waals surface area (Å²) in [5, 5.41) is 0. The fraction of sp³-hybridized carbons (Fsp3) is 0.269. The smallest absolute Gasteiger partial charge is 0.227 e. The summed E-state index contributed by atoms with van der Waals surface area (Å²) in [6.45, 7) is 6.50. The molecular formula is C26H27NO3. The Morgan fingerprint density at radius 1 is 1.00 bits per heavy atom. The van der Waals surface area contributed by atoms with Crippen LogP contribution in [0.5, 0.6) is 17.2 Å². The largest absolute Gasteiger partial charge is 0.487 e. The van der Waals surface area contributed by atoms with Crippen LogP contribution in [-0.2, 0) is 17.8 Å². The predicted molar refractivity (Wildman–Crippen MR) is 119 cm³/mol. The molecule has 0 bridgehead atoms. The minimum absolute atomic E-state index is 0.0361. The van der Waals surface area contributed by atoms with Crippen molar-refractivity contribution >= 4 is 11.6 Å². The summed E-state index contributed by atoms with van der Waals surface area (Å²) >= 11 is 0. The number of anilines is 1. The maximum Gasteiger partial charge on any atom is 0.227 e. The molecule has 4 heteroatoms. The second kappa shape index (κ2) is 8.23. The van der Waals surface area contributed by atoms with Crippen molar-refractivity contribution in [1.82, 2.24) is 0 Å². The van der Waals surface area contributed by atoms with Crippen LogP contribution in [0.15, 0.2) is 72.8 Å². The first-order valence-corrected chi connectivity index (χ1v) is 10.4. The van der Waals surface area contributed by atoms with Gasteiger partial charge in [0, 0.05) is 18.4 Å². The van der Waals surface area contributed by atoms with E-state index in [0.29, 0.717) is 18.7 Å². The van der Waals surface area contributed by atoms with Crippen molar-refractivity contribution in [3.8, 4) is 17.2 Å². The van der Waals surface area contributed by atoms with Crippen LogP contribution >= 0.6 is 0 Å². The van der Waals surface area contributed by atoms with Crippen LogP contribution in [0.1, 0.15) is 38.3 Å². The summed E-state index contributed by atoms with van der Waals surface area (Å²) in [5.74, 6) is 2.32. The first-order valence-electron chi connectivity index (χ1n) is 10.4. The van der Waals surface area contributed by atoms with Gasteiger partial charge in [-0.1, -0.05) is 55.5 Å². The number of carbonyl (C=O) groups is 1. The molecule has 4 rings (SSSR count). The second-order valence-corrected chi connectivity index (χ2v) is 8.16. The molecule has 154 valence electrons. The van der Waals surface area contributed by atoms with Gasteiger partial charge in [0.15, 0.2) is 5.75 Å². The molecule has 0 atom stereocenters. The average Bonchev–Trinajstić information content (AvgIpc) is 3.07. The molecule has 0 radical (unpaired) electrons. The predicted octanol–water partition coefficient (Wildman–Crippen LogP) is 6.14. The van der Waals surface area contributed by atoms with Crippen molar-refractivity contribution in [2.24, 2.45) is 0 Å². The summed E-state index contributed by atoms with van der Waals surface area (Å²) < 4.78 is 12.4. The molecule has 1 heterocycles. The van der Waals surface area contributed by atoms with Gasteiger partial charge in [-0.15, -0.1) is 0 Å². The van der Waals surface area contributed by atoms with Gasteiger partial charge < -0.3 is 14.4 Å². The van der Waals surface area contributed by atoms with Gasteiger partial charge >= 0.3 is 0 Å². The Balaban J connectivity index is 1.70. The van der Waals surface area contributed by atoms with Gasteiger partial charge in [-0.3, -0.25) is 4.79 Å². The standard InChI is InChI=1S/C26H27NO3/c1-4-24(28)27(18-20-12-10-11-19-17-26(2,3)30-25(19)20)22-15-8-9-16-23(22)29-21-13-6-5-7-14-21/h5-16H,4,17-18H2,1-3H3. The number of benzene rings is 3. The lowest BCUT2D eigenvalue weighted by molar-refractivity contribution is -0.118. The Morgan fingerprint density at radius 2 is 1.73 bits per heavy atom. The molecule has 0 saturated heterocycles. The van der Waals surface area contributed by atoms with E-state index in [1.165, 1.54) is 5.56 Å². The van der Waals surface area contributed by atoms with Gasteiger partial charge in [0.25, 0.3) is 0 Å². The molecule has 0 aliphatic carbocycles. The zero-order valence-electron chi connectivity index (χ0n) is 17.7. The molecule has 0 N–H and O–H groups in total. The van der Waals surface area contributed by atoms with E-state index in [9.17, 15) is 4.79 Å². The lowest BCUT2D eigenvalue weighted by atomic mass is 10.0. The zero-order chi connectivity index (χ0) is 21.1. The van der Waals surface area contributed by atoms with Crippen LogP contribution in [0.25, 0.3) is 0 Å². The number of amides is 1. The van der Waals surface area contributed by atoms with Gasteiger partial charge in [-0.2, -0.15) is 0 Å². The lowest BCUT2D eigenvalue weighted by Crippen LogP contribution is -2.30. The molecule has 1 aliphatic heterocycles.